The predicted octanol–water partition coefficient (Wildman–Crippen LogP) is -3.80. The first kappa shape index (κ1) is 21.3. The molecule has 0 aromatic rings. The van der Waals surface area contributed by atoms with E-state index in [9.17, 15) is 29.7 Å². The van der Waals surface area contributed by atoms with Gasteiger partial charge in [-0.1, -0.05) is 0 Å². The first-order valence-corrected chi connectivity index (χ1v) is 7.71. The molecule has 6 N–H and O–H groups in total. The average molecular weight is 363 g/mol. The smallest absolute Gasteiger partial charge is 0.244 e. The molecule has 0 aromatic heterocycles. The molecule has 6 atom stereocenters. The normalized spacial score (nSPS) is 30.2. The molecule has 144 valence electrons. The fraction of sp³-hybridized carbons (Fsp3) is 0.786. The molecule has 1 saturated heterocycles. The number of likely N-dealkylation sites (N-methyl/N-ethyl adjacent to an activating group) is 1. The number of amides is 3. The lowest BCUT2D eigenvalue weighted by Gasteiger charge is -2.42. The van der Waals surface area contributed by atoms with E-state index in [4.69, 9.17) is 9.47 Å². The molecular formula is C14H25N3O8. The first-order chi connectivity index (χ1) is 11.7. The highest BCUT2D eigenvalue weighted by molar-refractivity contribution is 5.86. The number of aliphatic hydroxyl groups is 3. The zero-order valence-corrected chi connectivity index (χ0v) is 14.3. The summed E-state index contributed by atoms with van der Waals surface area (Å²) in [6.07, 6.45) is -5.28. The monoisotopic (exact) mass is 363 g/mol. The van der Waals surface area contributed by atoms with E-state index in [1.165, 1.54) is 20.9 Å². The summed E-state index contributed by atoms with van der Waals surface area (Å²) in [5.41, 5.74) is 0. The highest BCUT2D eigenvalue weighted by Crippen LogP contribution is 2.22. The second-order valence-electron chi connectivity index (χ2n) is 5.63. The number of nitrogens with one attached hydrogen (secondary N) is 3. The van der Waals surface area contributed by atoms with Crippen LogP contribution >= 0.6 is 0 Å². The molecule has 0 bridgehead atoms. The Hall–Kier alpha value is -1.79. The topological polar surface area (TPSA) is 166 Å². The van der Waals surface area contributed by atoms with E-state index in [1.54, 1.807) is 0 Å². The molecule has 0 unspecified atom stereocenters. The molecule has 0 aliphatic carbocycles. The molecule has 25 heavy (non-hydrogen) atoms. The number of ether oxygens (including phenoxy) is 2. The Morgan fingerprint density at radius 2 is 1.80 bits per heavy atom. The van der Waals surface area contributed by atoms with Crippen LogP contribution in [0.15, 0.2) is 0 Å². The average Bonchev–Trinajstić information content (AvgIpc) is 2.55. The van der Waals surface area contributed by atoms with Crippen molar-refractivity contribution >= 4 is 17.7 Å². The summed E-state index contributed by atoms with van der Waals surface area (Å²) in [7, 11) is 1.39. The fourth-order valence-electron chi connectivity index (χ4n) is 2.41. The van der Waals surface area contributed by atoms with Crippen molar-refractivity contribution in [3.8, 4) is 0 Å². The number of carbonyl (C=O) groups is 3. The van der Waals surface area contributed by atoms with Crippen molar-refractivity contribution in [2.75, 3.05) is 20.3 Å². The number of carbonyl (C=O) groups excluding carboxylic acids is 3. The van der Waals surface area contributed by atoms with Crippen LogP contribution in [0.5, 0.6) is 0 Å². The minimum atomic E-state index is -1.46. The van der Waals surface area contributed by atoms with E-state index < -0.39 is 61.0 Å². The molecule has 11 heteroatoms. The molecule has 1 fully saturated rings. The lowest BCUT2D eigenvalue weighted by atomic mass is 9.97. The first-order valence-electron chi connectivity index (χ1n) is 7.71. The summed E-state index contributed by atoms with van der Waals surface area (Å²) < 4.78 is 10.8. The minimum Gasteiger partial charge on any atom is -0.394 e. The maximum Gasteiger partial charge on any atom is 0.244 e. The van der Waals surface area contributed by atoms with Crippen molar-refractivity contribution < 1.29 is 39.2 Å². The summed E-state index contributed by atoms with van der Waals surface area (Å²) >= 11 is 0. The molecule has 0 aromatic carbocycles. The van der Waals surface area contributed by atoms with Crippen molar-refractivity contribution in [2.45, 2.75) is 50.5 Å². The van der Waals surface area contributed by atoms with Gasteiger partial charge < -0.3 is 40.7 Å². The highest BCUT2D eigenvalue weighted by atomic mass is 16.7. The Labute approximate surface area is 144 Å². The summed E-state index contributed by atoms with van der Waals surface area (Å²) in [5.74, 6) is -1.47. The lowest BCUT2D eigenvalue weighted by Crippen LogP contribution is -2.65. The Morgan fingerprint density at radius 3 is 2.28 bits per heavy atom. The summed E-state index contributed by atoms with van der Waals surface area (Å²) in [6, 6.07) is -2.15. The van der Waals surface area contributed by atoms with Crippen molar-refractivity contribution in [1.29, 1.82) is 0 Å². The zero-order chi connectivity index (χ0) is 19.1. The van der Waals surface area contributed by atoms with Crippen LogP contribution in [0.2, 0.25) is 0 Å². The van der Waals surface area contributed by atoms with Crippen LogP contribution in [-0.2, 0) is 23.9 Å². The van der Waals surface area contributed by atoms with Crippen LogP contribution in [0.3, 0.4) is 0 Å². The van der Waals surface area contributed by atoms with Crippen LogP contribution in [0.25, 0.3) is 0 Å². The van der Waals surface area contributed by atoms with E-state index in [1.807, 2.05) is 0 Å². The van der Waals surface area contributed by atoms with Crippen LogP contribution in [0.4, 0.5) is 0 Å². The Morgan fingerprint density at radius 1 is 1.16 bits per heavy atom. The molecule has 1 aliphatic heterocycles. The third kappa shape index (κ3) is 5.90. The highest BCUT2D eigenvalue weighted by Gasteiger charge is 2.45. The number of rotatable bonds is 7. The summed E-state index contributed by atoms with van der Waals surface area (Å²) in [4.78, 5) is 34.3. The van der Waals surface area contributed by atoms with Crippen molar-refractivity contribution in [3.05, 3.63) is 0 Å². The minimum absolute atomic E-state index is 0.318. The van der Waals surface area contributed by atoms with Gasteiger partial charge >= 0.3 is 0 Å². The van der Waals surface area contributed by atoms with Gasteiger partial charge in [0.25, 0.3) is 0 Å². The summed E-state index contributed by atoms with van der Waals surface area (Å²) in [6.45, 7) is 1.53. The van der Waals surface area contributed by atoms with Gasteiger partial charge in [0, 0.05) is 20.9 Å². The van der Waals surface area contributed by atoms with Crippen LogP contribution < -0.4 is 16.0 Å². The van der Waals surface area contributed by atoms with Gasteiger partial charge in [0.15, 0.2) is 6.29 Å². The molecule has 1 rings (SSSR count). The molecule has 1 heterocycles. The second-order valence-corrected chi connectivity index (χ2v) is 5.63. The number of aliphatic hydroxyl groups excluding tert-OH is 3. The third-order valence-electron chi connectivity index (χ3n) is 3.62. The quantitative estimate of drug-likeness (QED) is 0.268. The van der Waals surface area contributed by atoms with Gasteiger partial charge in [-0.3, -0.25) is 14.4 Å². The van der Waals surface area contributed by atoms with E-state index >= 15 is 0 Å². The fourth-order valence-corrected chi connectivity index (χ4v) is 2.41. The Balaban J connectivity index is 2.86. The van der Waals surface area contributed by atoms with Crippen molar-refractivity contribution in [1.82, 2.24) is 16.0 Å². The molecule has 3 amide bonds. The second kappa shape index (κ2) is 9.63. The van der Waals surface area contributed by atoms with Crippen LogP contribution in [-0.4, -0.2) is 90.0 Å². The molecule has 0 saturated carbocycles. The SMILES string of the molecule is CNC(=O)[C@H](CO[C@@H]1O[C@H](CO)[C@@H](O)[C@H](O)[C@H]1NC(C)=O)NC(C)=O. The van der Waals surface area contributed by atoms with Gasteiger partial charge in [0.2, 0.25) is 17.7 Å². The Bertz CT molecular complexity index is 489. The maximum absolute atomic E-state index is 11.8. The van der Waals surface area contributed by atoms with Crippen molar-refractivity contribution in [3.63, 3.8) is 0 Å². The predicted molar refractivity (Wildman–Crippen MR) is 83.0 cm³/mol. The molecule has 0 radical (unpaired) electrons. The lowest BCUT2D eigenvalue weighted by molar-refractivity contribution is -0.270. The molecular weight excluding hydrogens is 338 g/mol. The van der Waals surface area contributed by atoms with Gasteiger partial charge in [-0.15, -0.1) is 0 Å². The van der Waals surface area contributed by atoms with E-state index in [-0.39, 0.29) is 6.61 Å². The number of hydrogen-bond donors (Lipinski definition) is 6. The van der Waals surface area contributed by atoms with Gasteiger partial charge in [-0.25, -0.2) is 0 Å². The zero-order valence-electron chi connectivity index (χ0n) is 14.3. The van der Waals surface area contributed by atoms with E-state index in [0.717, 1.165) is 0 Å². The molecule has 1 aliphatic rings. The maximum atomic E-state index is 11.8. The number of hydrogen-bond acceptors (Lipinski definition) is 8. The largest absolute Gasteiger partial charge is 0.394 e. The van der Waals surface area contributed by atoms with Gasteiger partial charge in [-0.2, -0.15) is 0 Å². The van der Waals surface area contributed by atoms with Crippen molar-refractivity contribution in [2.24, 2.45) is 0 Å². The van der Waals surface area contributed by atoms with E-state index in [2.05, 4.69) is 16.0 Å². The summed E-state index contributed by atoms with van der Waals surface area (Å²) in [5, 5.41) is 36.4. The third-order valence-corrected chi connectivity index (χ3v) is 3.62. The van der Waals surface area contributed by atoms with Gasteiger partial charge in [0.1, 0.15) is 30.4 Å². The standard InChI is InChI=1S/C14H25N3O8/c1-6(19)16-8(13(23)15-3)5-24-14-10(17-7(2)20)12(22)11(21)9(4-18)25-14/h8-12,14,18,21-22H,4-5H2,1-3H3,(H,15,23)(H,16,19)(H,17,20)/t8-,9+,10+,11+,12+,14+/m0/s1. The van der Waals surface area contributed by atoms with E-state index in [0.29, 0.717) is 0 Å². The van der Waals surface area contributed by atoms with Gasteiger partial charge in [-0.05, 0) is 0 Å². The Kier molecular flexibility index (Phi) is 8.19. The molecule has 0 spiro atoms. The van der Waals surface area contributed by atoms with Crippen LogP contribution in [0.1, 0.15) is 13.8 Å². The van der Waals surface area contributed by atoms with Gasteiger partial charge in [0.05, 0.1) is 13.2 Å². The molecule has 11 nitrogen and oxygen atoms in total. The van der Waals surface area contributed by atoms with Crippen LogP contribution in [0, 0.1) is 0 Å².